The van der Waals surface area contributed by atoms with Gasteiger partial charge in [0.2, 0.25) is 0 Å². The fourth-order valence-corrected chi connectivity index (χ4v) is 2.47. The average molecular weight is 357 g/mol. The molecule has 0 heterocycles. The Morgan fingerprint density at radius 2 is 1.35 bits per heavy atom. The van der Waals surface area contributed by atoms with E-state index in [1.807, 2.05) is 24.3 Å². The molecule has 0 saturated heterocycles. The van der Waals surface area contributed by atoms with Gasteiger partial charge in [-0.2, -0.15) is 0 Å². The first-order valence-electron chi connectivity index (χ1n) is 8.03. The second-order valence-corrected chi connectivity index (χ2v) is 6.27. The summed E-state index contributed by atoms with van der Waals surface area (Å²) >= 11 is 0. The van der Waals surface area contributed by atoms with E-state index in [2.05, 4.69) is 19.2 Å². The minimum atomic E-state index is -0.766. The second-order valence-electron chi connectivity index (χ2n) is 6.27. The minimum absolute atomic E-state index is 0.128. The molecule has 0 spiro atoms. The van der Waals surface area contributed by atoms with E-state index in [9.17, 15) is 25.0 Å². The summed E-state index contributed by atoms with van der Waals surface area (Å²) in [6.07, 6.45) is 0. The molecule has 1 amide bonds. The molecule has 8 heteroatoms. The Kier molecular flexibility index (Phi) is 5.66. The van der Waals surface area contributed by atoms with Gasteiger partial charge in [0.25, 0.3) is 17.3 Å². The van der Waals surface area contributed by atoms with Crippen LogP contribution < -0.4 is 5.32 Å². The van der Waals surface area contributed by atoms with Crippen molar-refractivity contribution in [3.8, 4) is 0 Å². The van der Waals surface area contributed by atoms with Gasteiger partial charge in [-0.15, -0.1) is 0 Å². The molecule has 2 aromatic rings. The normalized spacial score (nSPS) is 11.8. The quantitative estimate of drug-likeness (QED) is 0.617. The predicted molar refractivity (Wildman–Crippen MR) is 96.2 cm³/mol. The van der Waals surface area contributed by atoms with Crippen LogP contribution in [-0.4, -0.2) is 15.8 Å². The van der Waals surface area contributed by atoms with E-state index in [0.717, 1.165) is 23.8 Å². The Bertz CT molecular complexity index is 814. The Hall–Kier alpha value is -3.29. The lowest BCUT2D eigenvalue weighted by molar-refractivity contribution is -0.394. The van der Waals surface area contributed by atoms with Gasteiger partial charge in [0.05, 0.1) is 27.5 Å². The molecule has 0 aromatic heterocycles. The third-order valence-corrected chi connectivity index (χ3v) is 4.04. The van der Waals surface area contributed by atoms with Crippen LogP contribution in [0.25, 0.3) is 0 Å². The largest absolute Gasteiger partial charge is 0.346 e. The standard InChI is InChI=1S/C18H19N3O5/c1-11(2)13-4-6-14(7-5-13)12(3)19-18(22)15-8-16(20(23)24)10-17(9-15)21(25)26/h4-12H,1-3H3,(H,19,22). The van der Waals surface area contributed by atoms with Crippen LogP contribution >= 0.6 is 0 Å². The molecular weight excluding hydrogens is 338 g/mol. The maximum Gasteiger partial charge on any atom is 0.277 e. The number of carbonyl (C=O) groups excluding carboxylic acids is 1. The molecule has 1 atom stereocenters. The van der Waals surface area contributed by atoms with E-state index in [-0.39, 0.29) is 11.6 Å². The number of nitrogens with one attached hydrogen (secondary N) is 1. The molecule has 2 aromatic carbocycles. The van der Waals surface area contributed by atoms with E-state index in [1.54, 1.807) is 6.92 Å². The summed E-state index contributed by atoms with van der Waals surface area (Å²) in [5.74, 6) is -0.225. The molecule has 0 aliphatic rings. The molecule has 0 aliphatic heterocycles. The number of hydrogen-bond acceptors (Lipinski definition) is 5. The maximum atomic E-state index is 12.4. The SMILES string of the molecule is CC(C)c1ccc(C(C)NC(=O)c2cc([N+](=O)[O-])cc([N+](=O)[O-])c2)cc1. The Morgan fingerprint density at radius 1 is 0.885 bits per heavy atom. The third-order valence-electron chi connectivity index (χ3n) is 4.04. The highest BCUT2D eigenvalue weighted by atomic mass is 16.6. The highest BCUT2D eigenvalue weighted by Crippen LogP contribution is 2.24. The van der Waals surface area contributed by atoms with E-state index in [4.69, 9.17) is 0 Å². The Balaban J connectivity index is 2.23. The van der Waals surface area contributed by atoms with Crippen LogP contribution in [0.1, 0.15) is 54.2 Å². The number of nitro groups is 2. The predicted octanol–water partition coefficient (Wildman–Crippen LogP) is 4.12. The summed E-state index contributed by atoms with van der Waals surface area (Å²) in [6, 6.07) is 10.3. The van der Waals surface area contributed by atoms with Crippen LogP contribution in [0.15, 0.2) is 42.5 Å². The van der Waals surface area contributed by atoms with Gasteiger partial charge in [-0.1, -0.05) is 38.1 Å². The van der Waals surface area contributed by atoms with Crippen LogP contribution in [0.2, 0.25) is 0 Å². The summed E-state index contributed by atoms with van der Waals surface area (Å²) in [5.41, 5.74) is 0.900. The van der Waals surface area contributed by atoms with Gasteiger partial charge in [-0.25, -0.2) is 0 Å². The second kappa shape index (κ2) is 7.73. The molecule has 1 unspecified atom stereocenters. The van der Waals surface area contributed by atoms with Gasteiger partial charge in [-0.05, 0) is 24.0 Å². The van der Waals surface area contributed by atoms with Gasteiger partial charge in [-0.3, -0.25) is 25.0 Å². The van der Waals surface area contributed by atoms with Gasteiger partial charge in [0, 0.05) is 12.1 Å². The van der Waals surface area contributed by atoms with Crippen LogP contribution in [-0.2, 0) is 0 Å². The first-order valence-corrected chi connectivity index (χ1v) is 8.03. The lowest BCUT2D eigenvalue weighted by atomic mass is 9.99. The molecule has 26 heavy (non-hydrogen) atoms. The summed E-state index contributed by atoms with van der Waals surface area (Å²) in [4.78, 5) is 32.7. The van der Waals surface area contributed by atoms with Crippen molar-refractivity contribution in [1.29, 1.82) is 0 Å². The number of benzene rings is 2. The fraction of sp³-hybridized carbons (Fsp3) is 0.278. The Morgan fingerprint density at radius 3 is 1.77 bits per heavy atom. The lowest BCUT2D eigenvalue weighted by Gasteiger charge is -2.15. The molecule has 0 radical (unpaired) electrons. The van der Waals surface area contributed by atoms with Crippen LogP contribution in [0.5, 0.6) is 0 Å². The van der Waals surface area contributed by atoms with Crippen molar-refractivity contribution in [3.63, 3.8) is 0 Å². The van der Waals surface area contributed by atoms with Gasteiger partial charge >= 0.3 is 0 Å². The molecule has 136 valence electrons. The number of nitrogens with zero attached hydrogens (tertiary/aromatic N) is 2. The monoisotopic (exact) mass is 357 g/mol. The van der Waals surface area contributed by atoms with Crippen molar-refractivity contribution in [2.45, 2.75) is 32.7 Å². The average Bonchev–Trinajstić information content (AvgIpc) is 2.61. The number of carbonyl (C=O) groups is 1. The van der Waals surface area contributed by atoms with Crippen molar-refractivity contribution < 1.29 is 14.6 Å². The number of rotatable bonds is 6. The van der Waals surface area contributed by atoms with Crippen molar-refractivity contribution in [2.75, 3.05) is 0 Å². The van der Waals surface area contributed by atoms with Crippen LogP contribution in [0.3, 0.4) is 0 Å². The molecular formula is C18H19N3O5. The van der Waals surface area contributed by atoms with Crippen molar-refractivity contribution in [1.82, 2.24) is 5.32 Å². The first kappa shape index (κ1) is 19.0. The van der Waals surface area contributed by atoms with E-state index >= 15 is 0 Å². The van der Waals surface area contributed by atoms with Crippen molar-refractivity contribution in [2.24, 2.45) is 0 Å². The fourth-order valence-electron chi connectivity index (χ4n) is 2.47. The summed E-state index contributed by atoms with van der Waals surface area (Å²) in [6.45, 7) is 5.93. The lowest BCUT2D eigenvalue weighted by Crippen LogP contribution is -2.26. The molecule has 0 bridgehead atoms. The van der Waals surface area contributed by atoms with Crippen molar-refractivity contribution >= 4 is 17.3 Å². The minimum Gasteiger partial charge on any atom is -0.346 e. The summed E-state index contributed by atoms with van der Waals surface area (Å²) < 4.78 is 0. The molecule has 1 N–H and O–H groups in total. The highest BCUT2D eigenvalue weighted by molar-refractivity contribution is 5.95. The number of nitro benzene ring substituents is 2. The summed E-state index contributed by atoms with van der Waals surface area (Å²) in [5, 5.41) is 24.6. The smallest absolute Gasteiger partial charge is 0.277 e. The van der Waals surface area contributed by atoms with Crippen LogP contribution in [0, 0.1) is 20.2 Å². The summed E-state index contributed by atoms with van der Waals surface area (Å²) in [7, 11) is 0. The zero-order chi connectivity index (χ0) is 19.4. The third kappa shape index (κ3) is 4.41. The highest BCUT2D eigenvalue weighted by Gasteiger charge is 2.21. The number of non-ortho nitro benzene ring substituents is 2. The van der Waals surface area contributed by atoms with Gasteiger partial charge in [0.15, 0.2) is 0 Å². The molecule has 0 saturated carbocycles. The maximum absolute atomic E-state index is 12.4. The van der Waals surface area contributed by atoms with Crippen molar-refractivity contribution in [3.05, 3.63) is 79.4 Å². The van der Waals surface area contributed by atoms with E-state index in [0.29, 0.717) is 5.92 Å². The zero-order valence-corrected chi connectivity index (χ0v) is 14.6. The molecule has 0 fully saturated rings. The van der Waals surface area contributed by atoms with Crippen LogP contribution in [0.4, 0.5) is 11.4 Å². The van der Waals surface area contributed by atoms with Gasteiger partial charge in [0.1, 0.15) is 0 Å². The first-order chi connectivity index (χ1) is 12.2. The molecule has 8 nitrogen and oxygen atoms in total. The number of amides is 1. The number of hydrogen-bond donors (Lipinski definition) is 1. The zero-order valence-electron chi connectivity index (χ0n) is 14.6. The molecule has 2 rings (SSSR count). The van der Waals surface area contributed by atoms with Gasteiger partial charge < -0.3 is 5.32 Å². The van der Waals surface area contributed by atoms with E-state index in [1.165, 1.54) is 5.56 Å². The Labute approximate surface area is 150 Å². The topological polar surface area (TPSA) is 115 Å². The molecule has 0 aliphatic carbocycles. The van der Waals surface area contributed by atoms with E-state index < -0.39 is 27.1 Å².